The minimum Gasteiger partial charge on any atom is -0.489 e. The third kappa shape index (κ3) is 3.76. The number of benzene rings is 2. The summed E-state index contributed by atoms with van der Waals surface area (Å²) in [5.74, 6) is 0.832. The molecule has 2 aromatic rings. The molecule has 0 heterocycles. The largest absolute Gasteiger partial charge is 0.489 e. The van der Waals surface area contributed by atoms with E-state index in [9.17, 15) is 0 Å². The average molecular weight is 262 g/mol. The molecule has 2 nitrogen and oxygen atoms in total. The van der Waals surface area contributed by atoms with Crippen LogP contribution < -0.4 is 10.1 Å². The average Bonchev–Trinajstić information content (AvgIpc) is 2.39. The van der Waals surface area contributed by atoms with E-state index in [1.807, 2.05) is 37.4 Å². The first-order chi connectivity index (χ1) is 8.78. The minimum atomic E-state index is 0.569. The van der Waals surface area contributed by atoms with Crippen LogP contribution in [0.25, 0.3) is 0 Å². The van der Waals surface area contributed by atoms with Gasteiger partial charge < -0.3 is 10.1 Å². The van der Waals surface area contributed by atoms with Crippen molar-refractivity contribution >= 4 is 11.6 Å². The molecule has 2 rings (SSSR count). The standard InChI is InChI=1S/C15H16ClNO/c1-17-10-12-3-2-4-13(9-12)11-18-15-7-5-14(16)6-8-15/h2-9,17H,10-11H2,1H3. The molecule has 0 radical (unpaired) electrons. The zero-order valence-corrected chi connectivity index (χ0v) is 11.1. The van der Waals surface area contributed by atoms with E-state index in [1.54, 1.807) is 0 Å². The highest BCUT2D eigenvalue weighted by Crippen LogP contribution is 2.17. The molecule has 0 aliphatic carbocycles. The lowest BCUT2D eigenvalue weighted by Gasteiger charge is -2.08. The van der Waals surface area contributed by atoms with Gasteiger partial charge in [0.2, 0.25) is 0 Å². The third-order valence-electron chi connectivity index (χ3n) is 2.59. The molecule has 0 spiro atoms. The van der Waals surface area contributed by atoms with Crippen LogP contribution in [-0.4, -0.2) is 7.05 Å². The summed E-state index contributed by atoms with van der Waals surface area (Å²) in [6, 6.07) is 15.8. The molecule has 94 valence electrons. The molecular weight excluding hydrogens is 246 g/mol. The van der Waals surface area contributed by atoms with Crippen molar-refractivity contribution in [2.45, 2.75) is 13.2 Å². The molecule has 0 aliphatic heterocycles. The van der Waals surface area contributed by atoms with Crippen molar-refractivity contribution in [2.75, 3.05) is 7.05 Å². The van der Waals surface area contributed by atoms with Crippen molar-refractivity contribution in [1.82, 2.24) is 5.32 Å². The van der Waals surface area contributed by atoms with E-state index in [4.69, 9.17) is 16.3 Å². The van der Waals surface area contributed by atoms with Gasteiger partial charge in [-0.15, -0.1) is 0 Å². The molecule has 0 aliphatic rings. The van der Waals surface area contributed by atoms with Gasteiger partial charge >= 0.3 is 0 Å². The van der Waals surface area contributed by atoms with Gasteiger partial charge in [0.1, 0.15) is 12.4 Å². The van der Waals surface area contributed by atoms with Crippen molar-refractivity contribution in [1.29, 1.82) is 0 Å². The molecule has 0 saturated heterocycles. The van der Waals surface area contributed by atoms with Gasteiger partial charge in [-0.3, -0.25) is 0 Å². The zero-order valence-electron chi connectivity index (χ0n) is 10.3. The van der Waals surface area contributed by atoms with Crippen molar-refractivity contribution in [3.63, 3.8) is 0 Å². The summed E-state index contributed by atoms with van der Waals surface area (Å²) < 4.78 is 5.70. The van der Waals surface area contributed by atoms with Gasteiger partial charge in [0.25, 0.3) is 0 Å². The van der Waals surface area contributed by atoms with E-state index in [-0.39, 0.29) is 0 Å². The highest BCUT2D eigenvalue weighted by Gasteiger charge is 1.98. The topological polar surface area (TPSA) is 21.3 Å². The first-order valence-electron chi connectivity index (χ1n) is 5.89. The van der Waals surface area contributed by atoms with E-state index >= 15 is 0 Å². The van der Waals surface area contributed by atoms with Crippen LogP contribution in [0, 0.1) is 0 Å². The number of rotatable bonds is 5. The molecular formula is C15H16ClNO. The number of hydrogen-bond acceptors (Lipinski definition) is 2. The van der Waals surface area contributed by atoms with Gasteiger partial charge in [0, 0.05) is 11.6 Å². The first kappa shape index (κ1) is 12.9. The summed E-state index contributed by atoms with van der Waals surface area (Å²) in [5.41, 5.74) is 2.42. The SMILES string of the molecule is CNCc1cccc(COc2ccc(Cl)cc2)c1. The lowest BCUT2D eigenvalue weighted by atomic mass is 10.1. The first-order valence-corrected chi connectivity index (χ1v) is 6.26. The van der Waals surface area contributed by atoms with Crippen molar-refractivity contribution in [3.05, 3.63) is 64.7 Å². The van der Waals surface area contributed by atoms with E-state index < -0.39 is 0 Å². The van der Waals surface area contributed by atoms with Crippen LogP contribution >= 0.6 is 11.6 Å². The van der Waals surface area contributed by atoms with Crippen LogP contribution in [0.1, 0.15) is 11.1 Å². The van der Waals surface area contributed by atoms with Gasteiger partial charge in [-0.25, -0.2) is 0 Å². The van der Waals surface area contributed by atoms with Crippen molar-refractivity contribution in [2.24, 2.45) is 0 Å². The van der Waals surface area contributed by atoms with Gasteiger partial charge in [-0.05, 0) is 42.4 Å². The highest BCUT2D eigenvalue weighted by atomic mass is 35.5. The summed E-state index contributed by atoms with van der Waals surface area (Å²) in [6.07, 6.45) is 0. The number of nitrogens with one attached hydrogen (secondary N) is 1. The number of halogens is 1. The van der Waals surface area contributed by atoms with E-state index in [0.29, 0.717) is 6.61 Å². The Bertz CT molecular complexity index is 496. The van der Waals surface area contributed by atoms with Crippen LogP contribution in [0.5, 0.6) is 5.75 Å². The predicted molar refractivity (Wildman–Crippen MR) is 75.0 cm³/mol. The fourth-order valence-corrected chi connectivity index (χ4v) is 1.86. The molecule has 0 fully saturated rings. The van der Waals surface area contributed by atoms with Crippen LogP contribution in [0.15, 0.2) is 48.5 Å². The molecule has 1 N–H and O–H groups in total. The molecule has 0 aromatic heterocycles. The summed E-state index contributed by atoms with van der Waals surface area (Å²) in [7, 11) is 1.94. The van der Waals surface area contributed by atoms with Crippen molar-refractivity contribution < 1.29 is 4.74 Å². The molecule has 3 heteroatoms. The summed E-state index contributed by atoms with van der Waals surface area (Å²) >= 11 is 5.82. The monoisotopic (exact) mass is 261 g/mol. The summed E-state index contributed by atoms with van der Waals surface area (Å²) in [6.45, 7) is 1.44. The predicted octanol–water partition coefficient (Wildman–Crippen LogP) is 3.64. The molecule has 18 heavy (non-hydrogen) atoms. The van der Waals surface area contributed by atoms with Crippen LogP contribution in [0.3, 0.4) is 0 Å². The Labute approximate surface area is 113 Å². The Balaban J connectivity index is 1.97. The highest BCUT2D eigenvalue weighted by molar-refractivity contribution is 6.30. The van der Waals surface area contributed by atoms with Gasteiger partial charge in [0.15, 0.2) is 0 Å². The molecule has 2 aromatic carbocycles. The fraction of sp³-hybridized carbons (Fsp3) is 0.200. The van der Waals surface area contributed by atoms with Crippen LogP contribution in [0.4, 0.5) is 0 Å². The van der Waals surface area contributed by atoms with E-state index in [2.05, 4.69) is 23.5 Å². The normalized spacial score (nSPS) is 10.3. The maximum atomic E-state index is 5.82. The van der Waals surface area contributed by atoms with E-state index in [0.717, 1.165) is 22.9 Å². The lowest BCUT2D eigenvalue weighted by molar-refractivity contribution is 0.306. The Morgan fingerprint density at radius 1 is 1.06 bits per heavy atom. The van der Waals surface area contributed by atoms with Gasteiger partial charge in [0.05, 0.1) is 0 Å². The molecule has 0 bridgehead atoms. The molecule has 0 unspecified atom stereocenters. The maximum absolute atomic E-state index is 5.82. The minimum absolute atomic E-state index is 0.569. The number of ether oxygens (including phenoxy) is 1. The lowest BCUT2D eigenvalue weighted by Crippen LogP contribution is -2.05. The van der Waals surface area contributed by atoms with Gasteiger partial charge in [-0.1, -0.05) is 35.9 Å². The molecule has 0 amide bonds. The second-order valence-electron chi connectivity index (χ2n) is 4.09. The van der Waals surface area contributed by atoms with Crippen LogP contribution in [-0.2, 0) is 13.2 Å². The zero-order chi connectivity index (χ0) is 12.8. The second-order valence-corrected chi connectivity index (χ2v) is 4.53. The Kier molecular flexibility index (Phi) is 4.62. The van der Waals surface area contributed by atoms with E-state index in [1.165, 1.54) is 5.56 Å². The Morgan fingerprint density at radius 3 is 2.50 bits per heavy atom. The Morgan fingerprint density at radius 2 is 1.78 bits per heavy atom. The fourth-order valence-electron chi connectivity index (χ4n) is 1.73. The summed E-state index contributed by atoms with van der Waals surface area (Å²) in [5, 5.41) is 3.86. The summed E-state index contributed by atoms with van der Waals surface area (Å²) in [4.78, 5) is 0. The van der Waals surface area contributed by atoms with Crippen molar-refractivity contribution in [3.8, 4) is 5.75 Å². The maximum Gasteiger partial charge on any atom is 0.119 e. The second kappa shape index (κ2) is 6.43. The number of hydrogen-bond donors (Lipinski definition) is 1. The van der Waals surface area contributed by atoms with Crippen LogP contribution in [0.2, 0.25) is 5.02 Å². The molecule has 0 atom stereocenters. The third-order valence-corrected chi connectivity index (χ3v) is 2.84. The van der Waals surface area contributed by atoms with Gasteiger partial charge in [-0.2, -0.15) is 0 Å². The molecule has 0 saturated carbocycles. The smallest absolute Gasteiger partial charge is 0.119 e. The quantitative estimate of drug-likeness (QED) is 0.887. The Hall–Kier alpha value is -1.51.